The van der Waals surface area contributed by atoms with Gasteiger partial charge in [0.1, 0.15) is 5.75 Å². The maximum Gasteiger partial charge on any atom is 0.233 e. The van der Waals surface area contributed by atoms with Crippen molar-refractivity contribution >= 4 is 17.7 Å². The van der Waals surface area contributed by atoms with Gasteiger partial charge in [0.25, 0.3) is 0 Å². The van der Waals surface area contributed by atoms with Crippen LogP contribution in [-0.4, -0.2) is 39.6 Å². The molecule has 1 heterocycles. The summed E-state index contributed by atoms with van der Waals surface area (Å²) < 4.78 is 7.50. The van der Waals surface area contributed by atoms with Gasteiger partial charge in [-0.15, -0.1) is 10.2 Å². The molecule has 1 N–H and O–H groups in total. The van der Waals surface area contributed by atoms with E-state index in [1.165, 1.54) is 43.9 Å². The Balaban J connectivity index is 1.66. The van der Waals surface area contributed by atoms with Crippen molar-refractivity contribution in [1.82, 2.24) is 20.1 Å². The summed E-state index contributed by atoms with van der Waals surface area (Å²) in [6, 6.07) is 7.78. The standard InChI is InChI=1S/C21H30N4O2S/c1-4-25-19(17-12-8-9-13-18(17)27-3)23-24-21(25)28-15(2)20(26)22-14-16-10-6-5-7-11-16/h8-9,12-13,15-16H,4-7,10-11,14H2,1-3H3,(H,22,26)/t15-/m0/s1. The van der Waals surface area contributed by atoms with Crippen molar-refractivity contribution in [3.8, 4) is 17.1 Å². The number of nitrogens with zero attached hydrogens (tertiary/aromatic N) is 3. The predicted octanol–water partition coefficient (Wildman–Crippen LogP) is 4.15. The molecule has 1 fully saturated rings. The summed E-state index contributed by atoms with van der Waals surface area (Å²) in [6.45, 7) is 5.49. The molecule has 0 aliphatic heterocycles. The van der Waals surface area contributed by atoms with Crippen LogP contribution in [0.3, 0.4) is 0 Å². The second kappa shape index (κ2) is 9.96. The van der Waals surface area contributed by atoms with E-state index >= 15 is 0 Å². The highest BCUT2D eigenvalue weighted by Gasteiger charge is 2.22. The van der Waals surface area contributed by atoms with Crippen molar-refractivity contribution in [1.29, 1.82) is 0 Å². The van der Waals surface area contributed by atoms with Gasteiger partial charge < -0.3 is 14.6 Å². The topological polar surface area (TPSA) is 69.0 Å². The first-order chi connectivity index (χ1) is 13.6. The fraction of sp³-hybridized carbons (Fsp3) is 0.571. The molecule has 1 aromatic carbocycles. The normalized spacial score (nSPS) is 16.0. The van der Waals surface area contributed by atoms with Crippen molar-refractivity contribution in [3.63, 3.8) is 0 Å². The number of carbonyl (C=O) groups excluding carboxylic acids is 1. The van der Waals surface area contributed by atoms with Gasteiger partial charge in [-0.1, -0.05) is 43.2 Å². The molecule has 0 spiro atoms. The van der Waals surface area contributed by atoms with Crippen LogP contribution in [-0.2, 0) is 11.3 Å². The molecule has 0 unspecified atom stereocenters. The molecule has 1 amide bonds. The van der Waals surface area contributed by atoms with Crippen LogP contribution >= 0.6 is 11.8 Å². The zero-order valence-electron chi connectivity index (χ0n) is 17.0. The lowest BCUT2D eigenvalue weighted by Gasteiger charge is -2.22. The number of carbonyl (C=O) groups is 1. The smallest absolute Gasteiger partial charge is 0.233 e. The number of hydrogen-bond acceptors (Lipinski definition) is 5. The number of ether oxygens (including phenoxy) is 1. The van der Waals surface area contributed by atoms with E-state index in [1.807, 2.05) is 35.8 Å². The Hall–Kier alpha value is -2.02. The van der Waals surface area contributed by atoms with E-state index in [0.717, 1.165) is 35.4 Å². The molecule has 1 aliphatic rings. The van der Waals surface area contributed by atoms with Crippen molar-refractivity contribution in [3.05, 3.63) is 24.3 Å². The molecule has 28 heavy (non-hydrogen) atoms. The number of nitrogens with one attached hydrogen (secondary N) is 1. The third-order valence-electron chi connectivity index (χ3n) is 5.32. The molecule has 6 nitrogen and oxygen atoms in total. The highest BCUT2D eigenvalue weighted by molar-refractivity contribution is 8.00. The third-order valence-corrected chi connectivity index (χ3v) is 6.40. The number of thioether (sulfide) groups is 1. The van der Waals surface area contributed by atoms with Crippen LogP contribution < -0.4 is 10.1 Å². The minimum atomic E-state index is -0.219. The van der Waals surface area contributed by atoms with E-state index in [0.29, 0.717) is 5.92 Å². The van der Waals surface area contributed by atoms with Crippen LogP contribution in [0.1, 0.15) is 46.0 Å². The van der Waals surface area contributed by atoms with Gasteiger partial charge in [0.2, 0.25) is 5.91 Å². The molecule has 1 aromatic heterocycles. The third kappa shape index (κ3) is 4.87. The molecule has 0 radical (unpaired) electrons. The average molecular weight is 403 g/mol. The zero-order chi connectivity index (χ0) is 19.9. The predicted molar refractivity (Wildman–Crippen MR) is 113 cm³/mol. The van der Waals surface area contributed by atoms with Crippen molar-refractivity contribution in [2.75, 3.05) is 13.7 Å². The number of methoxy groups -OCH3 is 1. The number of rotatable bonds is 8. The maximum atomic E-state index is 12.6. The largest absolute Gasteiger partial charge is 0.496 e. The van der Waals surface area contributed by atoms with E-state index in [1.54, 1.807) is 7.11 Å². The van der Waals surface area contributed by atoms with Crippen molar-refractivity contribution in [2.24, 2.45) is 5.92 Å². The minimum absolute atomic E-state index is 0.0695. The first-order valence-electron chi connectivity index (χ1n) is 10.1. The van der Waals surface area contributed by atoms with Gasteiger partial charge >= 0.3 is 0 Å². The first-order valence-corrected chi connectivity index (χ1v) is 11.0. The quantitative estimate of drug-likeness (QED) is 0.672. The van der Waals surface area contributed by atoms with Crippen molar-refractivity contribution < 1.29 is 9.53 Å². The molecule has 2 aromatic rings. The molecule has 0 bridgehead atoms. The summed E-state index contributed by atoms with van der Waals surface area (Å²) in [5, 5.41) is 12.4. The molecule has 1 atom stereocenters. The number of aromatic nitrogens is 3. The Morgan fingerprint density at radius 3 is 2.75 bits per heavy atom. The lowest BCUT2D eigenvalue weighted by Crippen LogP contribution is -2.35. The Labute approximate surface area is 171 Å². The number of hydrogen-bond donors (Lipinski definition) is 1. The SMILES string of the molecule is CCn1c(S[C@@H](C)C(=O)NCC2CCCCC2)nnc1-c1ccccc1OC. The Bertz CT molecular complexity index is 786. The molecular formula is C21H30N4O2S. The molecule has 3 rings (SSSR count). The van der Waals surface area contributed by atoms with Crippen LogP contribution in [0, 0.1) is 5.92 Å². The number of para-hydroxylation sites is 1. The molecular weight excluding hydrogens is 372 g/mol. The molecule has 1 saturated carbocycles. The van der Waals surface area contributed by atoms with Gasteiger partial charge in [0.15, 0.2) is 11.0 Å². The van der Waals surface area contributed by atoms with E-state index in [9.17, 15) is 4.79 Å². The molecule has 7 heteroatoms. The maximum absolute atomic E-state index is 12.6. The second-order valence-electron chi connectivity index (χ2n) is 7.26. The van der Waals surface area contributed by atoms with E-state index in [-0.39, 0.29) is 11.2 Å². The molecule has 0 saturated heterocycles. The van der Waals surface area contributed by atoms with Crippen LogP contribution in [0.15, 0.2) is 29.4 Å². The van der Waals surface area contributed by atoms with Gasteiger partial charge in [-0.2, -0.15) is 0 Å². The van der Waals surface area contributed by atoms with Gasteiger partial charge in [0.05, 0.1) is 17.9 Å². The van der Waals surface area contributed by atoms with E-state index in [4.69, 9.17) is 4.74 Å². The number of benzene rings is 1. The summed E-state index contributed by atoms with van der Waals surface area (Å²) in [5.41, 5.74) is 0.903. The summed E-state index contributed by atoms with van der Waals surface area (Å²) in [7, 11) is 1.65. The lowest BCUT2D eigenvalue weighted by atomic mass is 9.89. The molecule has 1 aliphatic carbocycles. The minimum Gasteiger partial charge on any atom is -0.496 e. The van der Waals surface area contributed by atoms with E-state index < -0.39 is 0 Å². The lowest BCUT2D eigenvalue weighted by molar-refractivity contribution is -0.120. The Kier molecular flexibility index (Phi) is 7.36. The fourth-order valence-electron chi connectivity index (χ4n) is 3.68. The molecule has 152 valence electrons. The van der Waals surface area contributed by atoms with Gasteiger partial charge in [0, 0.05) is 13.1 Å². The summed E-state index contributed by atoms with van der Waals surface area (Å²) in [6.07, 6.45) is 6.37. The fourth-order valence-corrected chi connectivity index (χ4v) is 4.62. The van der Waals surface area contributed by atoms with Gasteiger partial charge in [-0.05, 0) is 44.7 Å². The monoisotopic (exact) mass is 402 g/mol. The van der Waals surface area contributed by atoms with Crippen molar-refractivity contribution in [2.45, 2.75) is 62.9 Å². The van der Waals surface area contributed by atoms with Gasteiger partial charge in [-0.25, -0.2) is 0 Å². The number of amides is 1. The van der Waals surface area contributed by atoms with E-state index in [2.05, 4.69) is 22.4 Å². The Morgan fingerprint density at radius 1 is 1.29 bits per heavy atom. The van der Waals surface area contributed by atoms with Crippen LogP contribution in [0.5, 0.6) is 5.75 Å². The van der Waals surface area contributed by atoms with Crippen LogP contribution in [0.4, 0.5) is 0 Å². The van der Waals surface area contributed by atoms with Gasteiger partial charge in [-0.3, -0.25) is 4.79 Å². The summed E-state index contributed by atoms with van der Waals surface area (Å²) >= 11 is 1.45. The Morgan fingerprint density at radius 2 is 2.04 bits per heavy atom. The zero-order valence-corrected chi connectivity index (χ0v) is 17.8. The highest BCUT2D eigenvalue weighted by atomic mass is 32.2. The average Bonchev–Trinajstić information content (AvgIpc) is 3.14. The highest BCUT2D eigenvalue weighted by Crippen LogP contribution is 2.32. The van der Waals surface area contributed by atoms with Crippen LogP contribution in [0.2, 0.25) is 0 Å². The summed E-state index contributed by atoms with van der Waals surface area (Å²) in [4.78, 5) is 12.6. The van der Waals surface area contributed by atoms with Crippen LogP contribution in [0.25, 0.3) is 11.4 Å². The second-order valence-corrected chi connectivity index (χ2v) is 8.57. The first kappa shape index (κ1) is 20.7. The summed E-state index contributed by atoms with van der Waals surface area (Å²) in [5.74, 6) is 2.23.